The average Bonchev–Trinajstić information content (AvgIpc) is 2.18. The molecule has 0 bridgehead atoms. The smallest absolute Gasteiger partial charge is 0.0721 e. The van der Waals surface area contributed by atoms with E-state index in [-0.39, 0.29) is 6.04 Å². The highest BCUT2D eigenvalue weighted by Crippen LogP contribution is 2.24. The van der Waals surface area contributed by atoms with E-state index in [1.807, 2.05) is 12.1 Å². The minimum Gasteiger partial charge on any atom is -0.375 e. The Balaban J connectivity index is 2.45. The zero-order chi connectivity index (χ0) is 9.26. The molecule has 2 rings (SSSR count). The minimum atomic E-state index is 0.0302. The molecule has 2 nitrogen and oxygen atoms in total. The second-order valence-corrected chi connectivity index (χ2v) is 3.28. The summed E-state index contributed by atoms with van der Waals surface area (Å²) in [5.41, 5.74) is 9.41. The fraction of sp³-hybridized carbons (Fsp3) is 0.273. The van der Waals surface area contributed by atoms with Gasteiger partial charge < -0.3 is 10.5 Å². The Hall–Kier alpha value is -1.12. The van der Waals surface area contributed by atoms with Gasteiger partial charge in [0, 0.05) is 0 Å². The van der Waals surface area contributed by atoms with Crippen molar-refractivity contribution < 1.29 is 4.74 Å². The van der Waals surface area contributed by atoms with Gasteiger partial charge in [0.1, 0.15) is 0 Å². The fourth-order valence-electron chi connectivity index (χ4n) is 1.62. The van der Waals surface area contributed by atoms with Gasteiger partial charge in [0.15, 0.2) is 0 Å². The average molecular weight is 175 g/mol. The molecule has 1 aromatic carbocycles. The summed E-state index contributed by atoms with van der Waals surface area (Å²) >= 11 is 0. The van der Waals surface area contributed by atoms with E-state index in [2.05, 4.69) is 18.7 Å². The van der Waals surface area contributed by atoms with Gasteiger partial charge in [-0.15, -0.1) is 0 Å². The van der Waals surface area contributed by atoms with Gasteiger partial charge in [-0.1, -0.05) is 24.8 Å². The number of hydrogen-bond acceptors (Lipinski definition) is 2. The number of rotatable bonds is 1. The van der Waals surface area contributed by atoms with Crippen LogP contribution in [0, 0.1) is 0 Å². The van der Waals surface area contributed by atoms with Gasteiger partial charge in [-0.2, -0.15) is 0 Å². The third-order valence-electron chi connectivity index (χ3n) is 2.36. The van der Waals surface area contributed by atoms with Gasteiger partial charge in [0.2, 0.25) is 0 Å². The number of benzene rings is 1. The maximum absolute atomic E-state index is 5.89. The largest absolute Gasteiger partial charge is 0.375 e. The van der Waals surface area contributed by atoms with Crippen molar-refractivity contribution in [2.75, 3.05) is 6.61 Å². The molecular formula is C11H13NO. The molecule has 13 heavy (non-hydrogen) atoms. The first-order valence-electron chi connectivity index (χ1n) is 4.40. The molecule has 0 radical (unpaired) electrons. The van der Waals surface area contributed by atoms with E-state index >= 15 is 0 Å². The van der Waals surface area contributed by atoms with Crippen LogP contribution in [0.3, 0.4) is 0 Å². The highest BCUT2D eigenvalue weighted by molar-refractivity contribution is 5.50. The van der Waals surface area contributed by atoms with Gasteiger partial charge in [-0.25, -0.2) is 0 Å². The summed E-state index contributed by atoms with van der Waals surface area (Å²) in [5.74, 6) is 0. The maximum atomic E-state index is 5.89. The predicted octanol–water partition coefficient (Wildman–Crippen LogP) is 1.86. The molecule has 0 spiro atoms. The molecular weight excluding hydrogens is 162 g/mol. The monoisotopic (exact) mass is 175 g/mol. The molecule has 1 aliphatic heterocycles. The lowest BCUT2D eigenvalue weighted by atomic mass is 9.97. The Morgan fingerprint density at radius 1 is 1.54 bits per heavy atom. The van der Waals surface area contributed by atoms with Crippen molar-refractivity contribution in [3.05, 3.63) is 41.5 Å². The molecule has 0 aliphatic carbocycles. The zero-order valence-corrected chi connectivity index (χ0v) is 7.49. The second kappa shape index (κ2) is 3.32. The van der Waals surface area contributed by atoms with Crippen molar-refractivity contribution in [3.63, 3.8) is 0 Å². The lowest BCUT2D eigenvalue weighted by molar-refractivity contribution is 0.0924. The van der Waals surface area contributed by atoms with Gasteiger partial charge in [-0.3, -0.25) is 0 Å². The van der Waals surface area contributed by atoms with E-state index in [1.165, 1.54) is 11.1 Å². The van der Waals surface area contributed by atoms with Gasteiger partial charge in [0.05, 0.1) is 19.3 Å². The molecule has 1 aliphatic rings. The Morgan fingerprint density at radius 3 is 3.15 bits per heavy atom. The van der Waals surface area contributed by atoms with Gasteiger partial charge >= 0.3 is 0 Å². The molecule has 1 heterocycles. The van der Waals surface area contributed by atoms with E-state index in [9.17, 15) is 0 Å². The van der Waals surface area contributed by atoms with E-state index in [0.717, 1.165) is 5.56 Å². The lowest BCUT2D eigenvalue weighted by Gasteiger charge is -2.22. The minimum absolute atomic E-state index is 0.0302. The molecule has 0 saturated heterocycles. The van der Waals surface area contributed by atoms with Crippen LogP contribution in [0.15, 0.2) is 24.8 Å². The number of hydrogen-bond donors (Lipinski definition) is 1. The van der Waals surface area contributed by atoms with Crippen LogP contribution in [0.1, 0.15) is 22.7 Å². The first-order valence-corrected chi connectivity index (χ1v) is 4.40. The highest BCUT2D eigenvalue weighted by atomic mass is 16.5. The standard InChI is InChI=1S/C11H13NO/c1-2-8-3-4-10-9(5-8)6-13-7-11(10)12/h2-5,11H,1,6-7,12H2/t11-/m0/s1. The van der Waals surface area contributed by atoms with Crippen molar-refractivity contribution in [2.45, 2.75) is 12.6 Å². The maximum Gasteiger partial charge on any atom is 0.0721 e. The molecule has 0 fully saturated rings. The summed E-state index contributed by atoms with van der Waals surface area (Å²) in [6, 6.07) is 6.22. The zero-order valence-electron chi connectivity index (χ0n) is 7.49. The van der Waals surface area contributed by atoms with Crippen LogP contribution in [-0.4, -0.2) is 6.61 Å². The Kier molecular flexibility index (Phi) is 2.17. The van der Waals surface area contributed by atoms with E-state index < -0.39 is 0 Å². The first-order chi connectivity index (χ1) is 6.31. The van der Waals surface area contributed by atoms with Crippen LogP contribution in [0.2, 0.25) is 0 Å². The molecule has 0 aromatic heterocycles. The van der Waals surface area contributed by atoms with Gasteiger partial charge in [-0.05, 0) is 22.8 Å². The van der Waals surface area contributed by atoms with Crippen molar-refractivity contribution in [1.82, 2.24) is 0 Å². The molecule has 1 atom stereocenters. The van der Waals surface area contributed by atoms with Crippen molar-refractivity contribution >= 4 is 6.08 Å². The van der Waals surface area contributed by atoms with Crippen LogP contribution in [0.5, 0.6) is 0 Å². The van der Waals surface area contributed by atoms with Crippen LogP contribution in [-0.2, 0) is 11.3 Å². The van der Waals surface area contributed by atoms with E-state index in [4.69, 9.17) is 10.5 Å². The van der Waals surface area contributed by atoms with Crippen LogP contribution in [0.4, 0.5) is 0 Å². The molecule has 2 N–H and O–H groups in total. The summed E-state index contributed by atoms with van der Waals surface area (Å²) in [7, 11) is 0. The quantitative estimate of drug-likeness (QED) is 0.707. The Morgan fingerprint density at radius 2 is 2.38 bits per heavy atom. The predicted molar refractivity (Wildman–Crippen MR) is 53.1 cm³/mol. The summed E-state index contributed by atoms with van der Waals surface area (Å²) in [4.78, 5) is 0. The SMILES string of the molecule is C=Cc1ccc2c(c1)COC[C@@H]2N. The summed E-state index contributed by atoms with van der Waals surface area (Å²) in [6.07, 6.45) is 1.83. The number of nitrogens with two attached hydrogens (primary N) is 1. The lowest BCUT2D eigenvalue weighted by Crippen LogP contribution is -2.23. The summed E-state index contributed by atoms with van der Waals surface area (Å²) in [5, 5.41) is 0. The summed E-state index contributed by atoms with van der Waals surface area (Å²) in [6.45, 7) is 5.02. The Bertz CT molecular complexity index is 333. The second-order valence-electron chi connectivity index (χ2n) is 3.28. The topological polar surface area (TPSA) is 35.2 Å². The van der Waals surface area contributed by atoms with E-state index in [1.54, 1.807) is 0 Å². The number of ether oxygens (including phenoxy) is 1. The first kappa shape index (κ1) is 8.48. The molecule has 68 valence electrons. The Labute approximate surface area is 78.0 Å². The van der Waals surface area contributed by atoms with Crippen molar-refractivity contribution in [2.24, 2.45) is 5.73 Å². The van der Waals surface area contributed by atoms with Crippen LogP contribution in [0.25, 0.3) is 6.08 Å². The van der Waals surface area contributed by atoms with Crippen LogP contribution < -0.4 is 5.73 Å². The van der Waals surface area contributed by atoms with Crippen molar-refractivity contribution in [1.29, 1.82) is 0 Å². The third-order valence-corrected chi connectivity index (χ3v) is 2.36. The molecule has 0 unspecified atom stereocenters. The van der Waals surface area contributed by atoms with E-state index in [0.29, 0.717) is 13.2 Å². The molecule has 0 saturated carbocycles. The normalized spacial score (nSPS) is 20.8. The molecule has 0 amide bonds. The third kappa shape index (κ3) is 1.50. The van der Waals surface area contributed by atoms with Crippen molar-refractivity contribution in [3.8, 4) is 0 Å². The van der Waals surface area contributed by atoms with Gasteiger partial charge in [0.25, 0.3) is 0 Å². The van der Waals surface area contributed by atoms with Crippen LogP contribution >= 0.6 is 0 Å². The highest BCUT2D eigenvalue weighted by Gasteiger charge is 2.16. The summed E-state index contributed by atoms with van der Waals surface area (Å²) < 4.78 is 5.35. The molecule has 2 heteroatoms. The fourth-order valence-corrected chi connectivity index (χ4v) is 1.62. The number of fused-ring (bicyclic) bond motifs is 1. The molecule has 1 aromatic rings.